The van der Waals surface area contributed by atoms with Crippen molar-refractivity contribution in [3.8, 4) is 5.75 Å². The number of piperazine rings is 1. The van der Waals surface area contributed by atoms with Crippen molar-refractivity contribution in [2.75, 3.05) is 54.9 Å². The van der Waals surface area contributed by atoms with Gasteiger partial charge in [-0.25, -0.2) is 18.7 Å². The molecule has 1 aromatic carbocycles. The van der Waals surface area contributed by atoms with Gasteiger partial charge in [-0.1, -0.05) is 6.08 Å². The molecular formula is C27H26F5N7O3. The van der Waals surface area contributed by atoms with Crippen LogP contribution < -0.4 is 20.7 Å². The van der Waals surface area contributed by atoms with E-state index in [1.165, 1.54) is 12.4 Å². The van der Waals surface area contributed by atoms with E-state index in [0.717, 1.165) is 6.07 Å². The zero-order valence-corrected chi connectivity index (χ0v) is 22.5. The maximum atomic E-state index is 16.3. The Morgan fingerprint density at radius 3 is 2.52 bits per heavy atom. The number of rotatable bonds is 5. The number of amides is 1. The van der Waals surface area contributed by atoms with Crippen LogP contribution in [0.3, 0.4) is 0 Å². The fraction of sp³-hybridized carbons (Fsp3) is 0.333. The van der Waals surface area contributed by atoms with Crippen LogP contribution in [-0.2, 0) is 6.18 Å². The van der Waals surface area contributed by atoms with Crippen molar-refractivity contribution in [3.05, 3.63) is 75.5 Å². The van der Waals surface area contributed by atoms with Gasteiger partial charge in [0.25, 0.3) is 5.91 Å². The lowest BCUT2D eigenvalue weighted by Crippen LogP contribution is -2.50. The van der Waals surface area contributed by atoms with E-state index >= 15 is 8.78 Å². The van der Waals surface area contributed by atoms with Gasteiger partial charge in [0.2, 0.25) is 11.5 Å². The number of H-pyrrole nitrogens is 1. The Balaban J connectivity index is 1.56. The molecular weight excluding hydrogens is 565 g/mol. The first-order valence-electron chi connectivity index (χ1n) is 12.9. The number of benzene rings is 1. The number of aromatic amines is 1. The fourth-order valence-corrected chi connectivity index (χ4v) is 4.98. The summed E-state index contributed by atoms with van der Waals surface area (Å²) in [6.45, 7) is 3.27. The van der Waals surface area contributed by atoms with Crippen molar-refractivity contribution >= 4 is 28.8 Å². The maximum Gasteiger partial charge on any atom is 0.417 e. The first-order chi connectivity index (χ1) is 19.8. The highest BCUT2D eigenvalue weighted by molar-refractivity contribution is 6.07. The van der Waals surface area contributed by atoms with Crippen molar-refractivity contribution in [2.45, 2.75) is 19.1 Å². The zero-order valence-electron chi connectivity index (χ0n) is 22.5. The van der Waals surface area contributed by atoms with Crippen LogP contribution in [0, 0.1) is 11.6 Å². The van der Waals surface area contributed by atoms with E-state index in [9.17, 15) is 27.9 Å². The molecule has 2 aromatic heterocycles. The highest BCUT2D eigenvalue weighted by Gasteiger charge is 2.37. The summed E-state index contributed by atoms with van der Waals surface area (Å²) in [5, 5.41) is 11.7. The molecule has 0 unspecified atom stereocenters. The lowest BCUT2D eigenvalue weighted by atomic mass is 10.0. The quantitative estimate of drug-likeness (QED) is 0.387. The third-order valence-corrected chi connectivity index (χ3v) is 7.36. The Labute approximate surface area is 236 Å². The van der Waals surface area contributed by atoms with Gasteiger partial charge in [-0.15, -0.1) is 0 Å². The van der Waals surface area contributed by atoms with Crippen LogP contribution in [0.1, 0.15) is 28.4 Å². The number of carbonyl (C=O) groups excluding carboxylic acids is 1. The number of anilines is 3. The van der Waals surface area contributed by atoms with E-state index in [1.54, 1.807) is 15.9 Å². The van der Waals surface area contributed by atoms with Crippen LogP contribution in [0.25, 0.3) is 5.57 Å². The van der Waals surface area contributed by atoms with Gasteiger partial charge in [0.15, 0.2) is 11.6 Å². The van der Waals surface area contributed by atoms with Gasteiger partial charge in [-0.3, -0.25) is 9.59 Å². The van der Waals surface area contributed by atoms with Gasteiger partial charge in [-0.05, 0) is 19.5 Å². The molecule has 0 bridgehead atoms. The fourth-order valence-electron chi connectivity index (χ4n) is 4.98. The second kappa shape index (κ2) is 11.0. The lowest BCUT2D eigenvalue weighted by Gasteiger charge is -2.40. The Hall–Kier alpha value is -4.53. The van der Waals surface area contributed by atoms with Crippen LogP contribution in [0.5, 0.6) is 5.75 Å². The summed E-state index contributed by atoms with van der Waals surface area (Å²) in [4.78, 5) is 40.1. The van der Waals surface area contributed by atoms with E-state index < -0.39 is 51.7 Å². The third-order valence-electron chi connectivity index (χ3n) is 7.36. The molecule has 1 saturated heterocycles. The van der Waals surface area contributed by atoms with Crippen LogP contribution in [0.4, 0.5) is 39.3 Å². The average molecular weight is 592 g/mol. The van der Waals surface area contributed by atoms with Crippen LogP contribution in [0.15, 0.2) is 41.6 Å². The van der Waals surface area contributed by atoms with Gasteiger partial charge < -0.3 is 30.1 Å². The Bertz CT molecular complexity index is 1610. The number of halogens is 5. The third kappa shape index (κ3) is 5.64. The minimum atomic E-state index is -5.04. The second-order valence-corrected chi connectivity index (χ2v) is 10.1. The van der Waals surface area contributed by atoms with Crippen molar-refractivity contribution in [1.82, 2.24) is 19.9 Å². The van der Waals surface area contributed by atoms with E-state index in [4.69, 9.17) is 0 Å². The molecule has 42 heavy (non-hydrogen) atoms. The minimum absolute atomic E-state index is 0.0188. The molecule has 1 fully saturated rings. The number of nitrogens with one attached hydrogen (secondary N) is 2. The summed E-state index contributed by atoms with van der Waals surface area (Å²) >= 11 is 0. The second-order valence-electron chi connectivity index (χ2n) is 10.1. The predicted octanol–water partition coefficient (Wildman–Crippen LogP) is 3.46. The van der Waals surface area contributed by atoms with Crippen molar-refractivity contribution < 1.29 is 31.9 Å². The van der Waals surface area contributed by atoms with Crippen molar-refractivity contribution in [3.63, 3.8) is 0 Å². The smallest absolute Gasteiger partial charge is 0.417 e. The number of carbonyl (C=O) groups is 1. The van der Waals surface area contributed by atoms with Crippen molar-refractivity contribution in [2.24, 2.45) is 0 Å². The first kappa shape index (κ1) is 29.0. The summed E-state index contributed by atoms with van der Waals surface area (Å²) in [6.07, 6.45) is -0.544. The molecule has 1 atom stereocenters. The molecule has 3 N–H and O–H groups in total. The van der Waals surface area contributed by atoms with Gasteiger partial charge in [0.1, 0.15) is 11.5 Å². The molecule has 222 valence electrons. The SMILES string of the molecule is C[C@H]1CN(c2cc(F)c(C3=CCN(c4ncc(O)cn4)C3)c(F)c2NC(=O)c2c[nH]c(=O)cc2C(F)(F)F)CCN1C. The summed E-state index contributed by atoms with van der Waals surface area (Å²) in [6, 6.07) is 1.28. The number of pyridine rings is 1. The number of hydrogen-bond donors (Lipinski definition) is 3. The number of hydrogen-bond acceptors (Lipinski definition) is 8. The molecule has 0 saturated carbocycles. The lowest BCUT2D eigenvalue weighted by molar-refractivity contribution is -0.138. The normalized spacial score (nSPS) is 17.9. The van der Waals surface area contributed by atoms with E-state index in [1.807, 2.05) is 23.9 Å². The monoisotopic (exact) mass is 591 g/mol. The highest BCUT2D eigenvalue weighted by atomic mass is 19.4. The van der Waals surface area contributed by atoms with Crippen LogP contribution in [-0.4, -0.2) is 76.7 Å². The summed E-state index contributed by atoms with van der Waals surface area (Å²) in [5.41, 5.74) is -4.28. The summed E-state index contributed by atoms with van der Waals surface area (Å²) in [5.74, 6) is -3.38. The molecule has 15 heteroatoms. The van der Waals surface area contributed by atoms with Gasteiger partial charge >= 0.3 is 6.18 Å². The van der Waals surface area contributed by atoms with Gasteiger partial charge in [-0.2, -0.15) is 13.2 Å². The number of nitrogens with zero attached hydrogens (tertiary/aromatic N) is 5. The van der Waals surface area contributed by atoms with E-state index in [0.29, 0.717) is 25.8 Å². The van der Waals surface area contributed by atoms with Gasteiger partial charge in [0, 0.05) is 57.1 Å². The molecule has 2 aliphatic heterocycles. The van der Waals surface area contributed by atoms with E-state index in [-0.39, 0.29) is 48.2 Å². The van der Waals surface area contributed by atoms with Gasteiger partial charge in [0.05, 0.1) is 34.8 Å². The predicted molar refractivity (Wildman–Crippen MR) is 145 cm³/mol. The molecule has 3 aromatic rings. The van der Waals surface area contributed by atoms with Crippen LogP contribution >= 0.6 is 0 Å². The molecule has 4 heterocycles. The zero-order chi connectivity index (χ0) is 30.3. The molecule has 2 aliphatic rings. The molecule has 0 aliphatic carbocycles. The molecule has 5 rings (SSSR count). The topological polar surface area (TPSA) is 118 Å². The minimum Gasteiger partial charge on any atom is -0.505 e. The molecule has 0 spiro atoms. The first-order valence-corrected chi connectivity index (χ1v) is 12.9. The molecule has 1 amide bonds. The maximum absolute atomic E-state index is 16.3. The number of likely N-dealkylation sites (N-methyl/N-ethyl adjacent to an activating group) is 1. The molecule has 10 nitrogen and oxygen atoms in total. The Kier molecular flexibility index (Phi) is 7.62. The Morgan fingerprint density at radius 1 is 1.14 bits per heavy atom. The van der Waals surface area contributed by atoms with Crippen molar-refractivity contribution in [1.29, 1.82) is 0 Å². The number of aromatic hydroxyl groups is 1. The largest absolute Gasteiger partial charge is 0.505 e. The number of aromatic nitrogens is 3. The van der Waals surface area contributed by atoms with E-state index in [2.05, 4.69) is 15.3 Å². The van der Waals surface area contributed by atoms with Crippen LogP contribution in [0.2, 0.25) is 0 Å². The highest BCUT2D eigenvalue weighted by Crippen LogP contribution is 2.39. The standard InChI is InChI=1S/C27H26F5N7O3/c1-14-12-38(6-5-37(14)2)20-8-19(28)22(15-3-4-39(13-15)26-34-9-16(40)10-35-26)23(29)24(20)36-25(42)17-11-33-21(41)7-18(17)27(30,31)32/h3,7-11,14,40H,4-6,12-13H2,1-2H3,(H,33,41)(H,36,42)/t14-/m0/s1. The summed E-state index contributed by atoms with van der Waals surface area (Å²) < 4.78 is 73.0. The number of alkyl halides is 3. The Morgan fingerprint density at radius 2 is 1.86 bits per heavy atom. The summed E-state index contributed by atoms with van der Waals surface area (Å²) in [7, 11) is 1.89. The average Bonchev–Trinajstić information content (AvgIpc) is 3.41. The molecule has 0 radical (unpaired) electrons.